The van der Waals surface area contributed by atoms with Crippen LogP contribution in [0.25, 0.3) is 11.2 Å². The predicted molar refractivity (Wildman–Crippen MR) is 91.8 cm³/mol. The molecule has 0 bridgehead atoms. The molecular formula is C16H13F3N8O. The first-order valence-corrected chi connectivity index (χ1v) is 8.09. The van der Waals surface area contributed by atoms with Gasteiger partial charge in [-0.05, 0) is 19.1 Å². The average molecular weight is 390 g/mol. The van der Waals surface area contributed by atoms with Gasteiger partial charge in [0, 0.05) is 6.07 Å². The number of rotatable bonds is 6. The van der Waals surface area contributed by atoms with Gasteiger partial charge >= 0.3 is 6.61 Å². The van der Waals surface area contributed by atoms with E-state index in [-0.39, 0.29) is 11.7 Å². The maximum atomic E-state index is 13.4. The standard InChI is InChI=1S/C16H13F3N8O/c1-8(9-3-2-4-11(17)22-9)27-15-10(6-21-27)20-7-13(24-15)23-12-5-14(26-25-12)28-16(18)19/h2-8,16H,1H3,(H2,23,24,25,26). The highest BCUT2D eigenvalue weighted by Crippen LogP contribution is 2.23. The number of H-pyrrole nitrogens is 1. The Labute approximate surface area is 155 Å². The minimum Gasteiger partial charge on any atom is -0.417 e. The summed E-state index contributed by atoms with van der Waals surface area (Å²) in [4.78, 5) is 12.6. The summed E-state index contributed by atoms with van der Waals surface area (Å²) in [5.41, 5.74) is 1.44. The van der Waals surface area contributed by atoms with Crippen LogP contribution < -0.4 is 10.1 Å². The van der Waals surface area contributed by atoms with Crippen LogP contribution in [0.2, 0.25) is 0 Å². The Morgan fingerprint density at radius 2 is 2.04 bits per heavy atom. The maximum Gasteiger partial charge on any atom is 0.388 e. The number of aromatic nitrogens is 7. The number of nitrogens with one attached hydrogen (secondary N) is 2. The first-order valence-electron chi connectivity index (χ1n) is 8.09. The van der Waals surface area contributed by atoms with E-state index in [9.17, 15) is 13.2 Å². The quantitative estimate of drug-likeness (QED) is 0.487. The fraction of sp³-hybridized carbons (Fsp3) is 0.188. The van der Waals surface area contributed by atoms with Gasteiger partial charge in [-0.2, -0.15) is 23.4 Å². The third kappa shape index (κ3) is 3.56. The second kappa shape index (κ2) is 7.13. The first kappa shape index (κ1) is 17.7. The lowest BCUT2D eigenvalue weighted by molar-refractivity contribution is -0.0528. The van der Waals surface area contributed by atoms with Gasteiger partial charge in [0.25, 0.3) is 0 Å². The molecule has 4 heterocycles. The molecule has 12 heteroatoms. The molecule has 0 radical (unpaired) electrons. The van der Waals surface area contributed by atoms with Crippen LogP contribution in [0.5, 0.6) is 5.88 Å². The smallest absolute Gasteiger partial charge is 0.388 e. The zero-order valence-electron chi connectivity index (χ0n) is 14.3. The minimum absolute atomic E-state index is 0.192. The van der Waals surface area contributed by atoms with Crippen molar-refractivity contribution in [3.05, 3.63) is 48.3 Å². The van der Waals surface area contributed by atoms with E-state index in [0.29, 0.717) is 22.7 Å². The molecule has 0 aromatic carbocycles. The number of ether oxygens (including phenoxy) is 1. The highest BCUT2D eigenvalue weighted by Gasteiger charge is 2.16. The Kier molecular flexibility index (Phi) is 4.51. The first-order chi connectivity index (χ1) is 13.5. The number of anilines is 2. The second-order valence-electron chi connectivity index (χ2n) is 5.74. The van der Waals surface area contributed by atoms with Crippen LogP contribution in [0, 0.1) is 5.95 Å². The number of hydrogen-bond donors (Lipinski definition) is 2. The molecule has 2 N–H and O–H groups in total. The van der Waals surface area contributed by atoms with Crippen LogP contribution in [-0.4, -0.2) is 41.5 Å². The summed E-state index contributed by atoms with van der Waals surface area (Å²) in [6.45, 7) is -1.16. The van der Waals surface area contributed by atoms with Crippen molar-refractivity contribution >= 4 is 22.8 Å². The van der Waals surface area contributed by atoms with Crippen molar-refractivity contribution < 1.29 is 17.9 Å². The van der Waals surface area contributed by atoms with Crippen molar-refractivity contribution in [1.82, 2.24) is 34.9 Å². The summed E-state index contributed by atoms with van der Waals surface area (Å²) >= 11 is 0. The number of pyridine rings is 1. The molecule has 0 spiro atoms. The van der Waals surface area contributed by atoms with Crippen molar-refractivity contribution in [1.29, 1.82) is 0 Å². The third-order valence-electron chi connectivity index (χ3n) is 3.86. The van der Waals surface area contributed by atoms with Crippen molar-refractivity contribution in [2.45, 2.75) is 19.6 Å². The summed E-state index contributed by atoms with van der Waals surface area (Å²) < 4.78 is 43.7. The Balaban J connectivity index is 1.62. The van der Waals surface area contributed by atoms with E-state index in [4.69, 9.17) is 0 Å². The molecule has 144 valence electrons. The van der Waals surface area contributed by atoms with Gasteiger partial charge < -0.3 is 10.1 Å². The molecule has 0 fully saturated rings. The largest absolute Gasteiger partial charge is 0.417 e. The Hall–Kier alpha value is -3.70. The third-order valence-corrected chi connectivity index (χ3v) is 3.86. The predicted octanol–water partition coefficient (Wildman–Crippen LogP) is 3.04. The van der Waals surface area contributed by atoms with Crippen LogP contribution in [-0.2, 0) is 0 Å². The minimum atomic E-state index is -2.96. The van der Waals surface area contributed by atoms with E-state index in [2.05, 4.69) is 40.3 Å². The van der Waals surface area contributed by atoms with Crippen molar-refractivity contribution in [2.75, 3.05) is 5.32 Å². The molecule has 1 unspecified atom stereocenters. The number of aromatic amines is 1. The lowest BCUT2D eigenvalue weighted by Gasteiger charge is -2.12. The fourth-order valence-corrected chi connectivity index (χ4v) is 2.60. The van der Waals surface area contributed by atoms with Gasteiger partial charge in [0.05, 0.1) is 24.1 Å². The van der Waals surface area contributed by atoms with Crippen LogP contribution in [0.4, 0.5) is 24.8 Å². The zero-order chi connectivity index (χ0) is 19.7. The summed E-state index contributed by atoms with van der Waals surface area (Å²) in [5, 5.41) is 13.2. The number of halogens is 3. The van der Waals surface area contributed by atoms with Crippen molar-refractivity contribution in [2.24, 2.45) is 0 Å². The second-order valence-corrected chi connectivity index (χ2v) is 5.74. The molecule has 0 aliphatic heterocycles. The lowest BCUT2D eigenvalue weighted by atomic mass is 10.2. The number of nitrogens with zero attached hydrogens (tertiary/aromatic N) is 6. The number of alkyl halides is 2. The van der Waals surface area contributed by atoms with E-state index in [1.165, 1.54) is 24.5 Å². The highest BCUT2D eigenvalue weighted by atomic mass is 19.3. The molecule has 0 aliphatic carbocycles. The molecule has 0 aliphatic rings. The van der Waals surface area contributed by atoms with Gasteiger partial charge in [0.15, 0.2) is 17.3 Å². The van der Waals surface area contributed by atoms with Crippen LogP contribution >= 0.6 is 0 Å². The van der Waals surface area contributed by atoms with E-state index in [0.717, 1.165) is 0 Å². The van der Waals surface area contributed by atoms with Gasteiger partial charge in [-0.25, -0.2) is 24.7 Å². The van der Waals surface area contributed by atoms with Gasteiger partial charge in [-0.15, -0.1) is 0 Å². The van der Waals surface area contributed by atoms with Gasteiger partial charge in [0.1, 0.15) is 5.52 Å². The Morgan fingerprint density at radius 3 is 2.82 bits per heavy atom. The monoisotopic (exact) mass is 390 g/mol. The summed E-state index contributed by atoms with van der Waals surface area (Å²) in [7, 11) is 0. The molecule has 4 aromatic heterocycles. The summed E-state index contributed by atoms with van der Waals surface area (Å²) in [6, 6.07) is 5.37. The van der Waals surface area contributed by atoms with Crippen LogP contribution in [0.1, 0.15) is 18.7 Å². The van der Waals surface area contributed by atoms with Gasteiger partial charge in [-0.3, -0.25) is 0 Å². The molecule has 4 rings (SSSR count). The van der Waals surface area contributed by atoms with Crippen LogP contribution in [0.15, 0.2) is 36.7 Å². The SMILES string of the molecule is CC(c1cccc(F)n1)n1ncc2ncc(Nc3cc(OC(F)F)[nH]n3)nc21. The Bertz CT molecular complexity index is 1110. The van der Waals surface area contributed by atoms with Gasteiger partial charge in [0.2, 0.25) is 11.8 Å². The Morgan fingerprint density at radius 1 is 1.18 bits per heavy atom. The summed E-state index contributed by atoms with van der Waals surface area (Å²) in [5.74, 6) is -0.254. The lowest BCUT2D eigenvalue weighted by Crippen LogP contribution is -2.11. The van der Waals surface area contributed by atoms with Crippen LogP contribution in [0.3, 0.4) is 0 Å². The van der Waals surface area contributed by atoms with Crippen molar-refractivity contribution in [3.63, 3.8) is 0 Å². The van der Waals surface area contributed by atoms with Gasteiger partial charge in [-0.1, -0.05) is 6.07 Å². The molecule has 0 amide bonds. The van der Waals surface area contributed by atoms with E-state index in [1.807, 2.05) is 0 Å². The van der Waals surface area contributed by atoms with E-state index in [1.54, 1.807) is 23.7 Å². The fourth-order valence-electron chi connectivity index (χ4n) is 2.60. The zero-order valence-corrected chi connectivity index (χ0v) is 14.3. The van der Waals surface area contributed by atoms with E-state index >= 15 is 0 Å². The number of fused-ring (bicyclic) bond motifs is 1. The maximum absolute atomic E-state index is 13.4. The summed E-state index contributed by atoms with van der Waals surface area (Å²) in [6.07, 6.45) is 2.98. The molecule has 28 heavy (non-hydrogen) atoms. The number of hydrogen-bond acceptors (Lipinski definition) is 7. The molecule has 0 saturated heterocycles. The van der Waals surface area contributed by atoms with E-state index < -0.39 is 18.6 Å². The molecular weight excluding hydrogens is 377 g/mol. The van der Waals surface area contributed by atoms with Crippen molar-refractivity contribution in [3.8, 4) is 5.88 Å². The highest BCUT2D eigenvalue weighted by molar-refractivity contribution is 5.72. The molecule has 9 nitrogen and oxygen atoms in total. The topological polar surface area (TPSA) is 106 Å². The average Bonchev–Trinajstić information content (AvgIpc) is 3.27. The molecule has 4 aromatic rings. The normalized spacial score (nSPS) is 12.5. The molecule has 1 atom stereocenters. The molecule has 0 saturated carbocycles.